The van der Waals surface area contributed by atoms with Gasteiger partial charge in [0.25, 0.3) is 0 Å². The quantitative estimate of drug-likeness (QED) is 0.438. The molecule has 5 nitrogen and oxygen atoms in total. The maximum absolute atomic E-state index is 12.1. The molecule has 0 aromatic heterocycles. The summed E-state index contributed by atoms with van der Waals surface area (Å²) >= 11 is 0. The first kappa shape index (κ1) is 24.5. The summed E-state index contributed by atoms with van der Waals surface area (Å²) in [6.07, 6.45) is 9.63. The summed E-state index contributed by atoms with van der Waals surface area (Å²) in [5.41, 5.74) is 0.541. The lowest BCUT2D eigenvalue weighted by atomic mass is 9.43. The molecule has 0 aromatic rings. The molecule has 0 saturated heterocycles. The Morgan fingerprint density at radius 1 is 1.00 bits per heavy atom. The van der Waals surface area contributed by atoms with Crippen molar-refractivity contribution < 1.29 is 24.5 Å². The van der Waals surface area contributed by atoms with Crippen LogP contribution in [-0.4, -0.2) is 48.7 Å². The molecule has 4 rings (SSSR count). The fourth-order valence-corrected chi connectivity index (χ4v) is 9.03. The Balaban J connectivity index is 1.42. The van der Waals surface area contributed by atoms with E-state index < -0.39 is 0 Å². The number of fused-ring (bicyclic) bond motifs is 5. The van der Waals surface area contributed by atoms with Gasteiger partial charge in [0.2, 0.25) is 0 Å². The molecular formula is C27H46O5. The number of hydrogen-bond acceptors (Lipinski definition) is 5. The van der Waals surface area contributed by atoms with Crippen molar-refractivity contribution >= 4 is 5.97 Å². The van der Waals surface area contributed by atoms with Gasteiger partial charge < -0.3 is 19.7 Å². The van der Waals surface area contributed by atoms with Crippen LogP contribution < -0.4 is 0 Å². The number of carbonyl (C=O) groups is 1. The van der Waals surface area contributed by atoms with Crippen molar-refractivity contribution in [2.24, 2.45) is 46.3 Å². The molecule has 5 heteroatoms. The second-order valence-electron chi connectivity index (χ2n) is 12.2. The third kappa shape index (κ3) is 4.27. The maximum atomic E-state index is 12.1. The van der Waals surface area contributed by atoms with Crippen molar-refractivity contribution in [1.29, 1.82) is 0 Å². The summed E-state index contributed by atoms with van der Waals surface area (Å²) in [6.45, 7) is 8.08. The second kappa shape index (κ2) is 9.54. The Morgan fingerprint density at radius 2 is 1.72 bits per heavy atom. The van der Waals surface area contributed by atoms with E-state index in [0.29, 0.717) is 55.1 Å². The van der Waals surface area contributed by atoms with Crippen LogP contribution >= 0.6 is 0 Å². The topological polar surface area (TPSA) is 76.0 Å². The summed E-state index contributed by atoms with van der Waals surface area (Å²) < 4.78 is 10.2. The average Bonchev–Trinajstić information content (AvgIpc) is 3.11. The van der Waals surface area contributed by atoms with Crippen molar-refractivity contribution in [3.8, 4) is 0 Å². The predicted octanol–water partition coefficient (Wildman–Crippen LogP) is 4.58. The Bertz CT molecular complexity index is 666. The summed E-state index contributed by atoms with van der Waals surface area (Å²) in [6, 6.07) is 0. The molecule has 0 bridgehead atoms. The molecule has 0 unspecified atom stereocenters. The SMILES string of the molecule is COCCOC(=O)CC[C@@H](C)[C@H]1CC[C@H]2[C@@H]3[C@H](O)C[C@@H]4C[C@H](O)CC[C@]4(C)[C@H]3CC[C@]12C. The highest BCUT2D eigenvalue weighted by Crippen LogP contribution is 2.68. The number of esters is 1. The number of carbonyl (C=O) groups excluding carboxylic acids is 1. The number of aliphatic hydroxyl groups excluding tert-OH is 2. The largest absolute Gasteiger partial charge is 0.463 e. The molecule has 4 aliphatic carbocycles. The maximum Gasteiger partial charge on any atom is 0.305 e. The lowest BCUT2D eigenvalue weighted by Gasteiger charge is -2.62. The third-order valence-electron chi connectivity index (χ3n) is 10.8. The van der Waals surface area contributed by atoms with E-state index in [-0.39, 0.29) is 29.0 Å². The van der Waals surface area contributed by atoms with Gasteiger partial charge in [-0.15, -0.1) is 0 Å². The Kier molecular flexibility index (Phi) is 7.30. The van der Waals surface area contributed by atoms with Crippen LogP contribution in [0.5, 0.6) is 0 Å². The van der Waals surface area contributed by atoms with Gasteiger partial charge in [0, 0.05) is 13.5 Å². The molecule has 0 spiro atoms. The molecule has 0 heterocycles. The van der Waals surface area contributed by atoms with Crippen LogP contribution in [0.25, 0.3) is 0 Å². The minimum Gasteiger partial charge on any atom is -0.463 e. The molecule has 0 aromatic carbocycles. The van der Waals surface area contributed by atoms with E-state index in [1.165, 1.54) is 25.7 Å². The average molecular weight is 451 g/mol. The Morgan fingerprint density at radius 3 is 2.47 bits per heavy atom. The molecular weight excluding hydrogens is 404 g/mol. The summed E-state index contributed by atoms with van der Waals surface area (Å²) in [4.78, 5) is 12.1. The first-order valence-electron chi connectivity index (χ1n) is 13.2. The van der Waals surface area contributed by atoms with Crippen LogP contribution in [0.2, 0.25) is 0 Å². The monoisotopic (exact) mass is 450 g/mol. The zero-order chi connectivity index (χ0) is 23.1. The van der Waals surface area contributed by atoms with Crippen LogP contribution in [0, 0.1) is 46.3 Å². The fraction of sp³-hybridized carbons (Fsp3) is 0.963. The van der Waals surface area contributed by atoms with Crippen LogP contribution in [0.4, 0.5) is 0 Å². The number of aliphatic hydroxyl groups is 2. The molecule has 4 fully saturated rings. The van der Waals surface area contributed by atoms with Crippen LogP contribution in [0.1, 0.15) is 85.0 Å². The Hall–Kier alpha value is -0.650. The van der Waals surface area contributed by atoms with E-state index in [0.717, 1.165) is 32.1 Å². The molecule has 4 saturated carbocycles. The van der Waals surface area contributed by atoms with Crippen LogP contribution in [0.15, 0.2) is 0 Å². The van der Waals surface area contributed by atoms with E-state index in [1.807, 2.05) is 0 Å². The van der Waals surface area contributed by atoms with Gasteiger partial charge in [-0.1, -0.05) is 20.8 Å². The molecule has 2 N–H and O–H groups in total. The van der Waals surface area contributed by atoms with Gasteiger partial charge in [0.05, 0.1) is 18.8 Å². The summed E-state index contributed by atoms with van der Waals surface area (Å²) in [5, 5.41) is 21.6. The van der Waals surface area contributed by atoms with E-state index in [9.17, 15) is 15.0 Å². The predicted molar refractivity (Wildman–Crippen MR) is 124 cm³/mol. The zero-order valence-corrected chi connectivity index (χ0v) is 20.7. The third-order valence-corrected chi connectivity index (χ3v) is 10.8. The van der Waals surface area contributed by atoms with Gasteiger partial charge in [-0.25, -0.2) is 0 Å². The zero-order valence-electron chi connectivity index (χ0n) is 20.7. The minimum absolute atomic E-state index is 0.113. The van der Waals surface area contributed by atoms with Crippen molar-refractivity contribution in [2.75, 3.05) is 20.3 Å². The molecule has 184 valence electrons. The van der Waals surface area contributed by atoms with Crippen molar-refractivity contribution in [1.82, 2.24) is 0 Å². The highest BCUT2D eigenvalue weighted by molar-refractivity contribution is 5.69. The van der Waals surface area contributed by atoms with Crippen LogP contribution in [-0.2, 0) is 14.3 Å². The molecule has 4 aliphatic rings. The lowest BCUT2D eigenvalue weighted by molar-refractivity contribution is -0.174. The number of hydrogen-bond donors (Lipinski definition) is 2. The van der Waals surface area contributed by atoms with Crippen LogP contribution in [0.3, 0.4) is 0 Å². The van der Waals surface area contributed by atoms with Crippen molar-refractivity contribution in [2.45, 2.75) is 97.2 Å². The summed E-state index contributed by atoms with van der Waals surface area (Å²) in [5.74, 6) is 3.04. The molecule has 32 heavy (non-hydrogen) atoms. The first-order chi connectivity index (χ1) is 15.2. The standard InChI is InChI=1S/C27H46O5/c1-17(5-8-24(30)32-14-13-31-4)20-6-7-21-25-22(10-12-27(20,21)3)26(2)11-9-19(28)15-18(26)16-23(25)29/h17-23,25,28-29H,5-16H2,1-4H3/t17-,18+,19-,20-,21+,22+,23-,25+,26+,27-/m1/s1. The number of rotatable bonds is 7. The fourth-order valence-electron chi connectivity index (χ4n) is 9.03. The molecule has 0 aliphatic heterocycles. The molecule has 0 radical (unpaired) electrons. The van der Waals surface area contributed by atoms with Gasteiger partial charge in [-0.2, -0.15) is 0 Å². The van der Waals surface area contributed by atoms with Crippen molar-refractivity contribution in [3.05, 3.63) is 0 Å². The smallest absolute Gasteiger partial charge is 0.305 e. The van der Waals surface area contributed by atoms with E-state index in [4.69, 9.17) is 9.47 Å². The second-order valence-corrected chi connectivity index (χ2v) is 12.2. The first-order valence-corrected chi connectivity index (χ1v) is 13.2. The van der Waals surface area contributed by atoms with E-state index in [2.05, 4.69) is 20.8 Å². The number of methoxy groups -OCH3 is 1. The van der Waals surface area contributed by atoms with Gasteiger partial charge in [0.15, 0.2) is 0 Å². The van der Waals surface area contributed by atoms with Gasteiger partial charge in [-0.3, -0.25) is 4.79 Å². The van der Waals surface area contributed by atoms with Gasteiger partial charge in [0.1, 0.15) is 6.61 Å². The lowest BCUT2D eigenvalue weighted by Crippen LogP contribution is -2.58. The van der Waals surface area contributed by atoms with E-state index >= 15 is 0 Å². The van der Waals surface area contributed by atoms with E-state index in [1.54, 1.807) is 7.11 Å². The Labute approximate surface area is 194 Å². The minimum atomic E-state index is -0.224. The van der Waals surface area contributed by atoms with Crippen molar-refractivity contribution in [3.63, 3.8) is 0 Å². The van der Waals surface area contributed by atoms with Gasteiger partial charge >= 0.3 is 5.97 Å². The van der Waals surface area contributed by atoms with Gasteiger partial charge in [-0.05, 0) is 104 Å². The number of ether oxygens (including phenoxy) is 2. The highest BCUT2D eigenvalue weighted by Gasteiger charge is 2.62. The molecule has 0 amide bonds. The normalized spacial score (nSPS) is 46.6. The highest BCUT2D eigenvalue weighted by atomic mass is 16.6. The molecule has 10 atom stereocenters. The summed E-state index contributed by atoms with van der Waals surface area (Å²) in [7, 11) is 1.61.